The van der Waals surface area contributed by atoms with E-state index in [0.29, 0.717) is 0 Å². The minimum Gasteiger partial charge on any atom is -0.395 e. The number of halogens is 4. The number of alkyl halides is 3. The normalized spacial score (nSPS) is 13.9. The van der Waals surface area contributed by atoms with Gasteiger partial charge in [-0.15, -0.1) is 11.8 Å². The Labute approximate surface area is 99.8 Å². The maximum absolute atomic E-state index is 12.4. The molecule has 0 aliphatic rings. The topological polar surface area (TPSA) is 33.1 Å². The molecule has 16 heavy (non-hydrogen) atoms. The van der Waals surface area contributed by atoms with Gasteiger partial charge in [0.15, 0.2) is 0 Å². The Morgan fingerprint density at radius 2 is 2.12 bits per heavy atom. The van der Waals surface area contributed by atoms with Crippen LogP contribution in [0, 0.1) is 0 Å². The maximum Gasteiger partial charge on any atom is 0.416 e. The van der Waals surface area contributed by atoms with Crippen LogP contribution in [0.5, 0.6) is 0 Å². The number of hydrogen-bond acceptors (Lipinski definition) is 3. The Morgan fingerprint density at radius 3 is 2.62 bits per heavy atom. The number of aliphatic hydroxyl groups excluding tert-OH is 1. The van der Waals surface area contributed by atoms with Crippen molar-refractivity contribution in [1.82, 2.24) is 4.98 Å². The maximum atomic E-state index is 12.4. The first-order valence-corrected chi connectivity index (χ1v) is 5.61. The third-order valence-corrected chi connectivity index (χ3v) is 2.87. The fourth-order valence-corrected chi connectivity index (χ4v) is 2.03. The van der Waals surface area contributed by atoms with Gasteiger partial charge in [0, 0.05) is 5.25 Å². The highest BCUT2D eigenvalue weighted by Crippen LogP contribution is 2.33. The summed E-state index contributed by atoms with van der Waals surface area (Å²) >= 11 is 6.54. The molecule has 90 valence electrons. The van der Waals surface area contributed by atoms with Crippen LogP contribution >= 0.6 is 23.4 Å². The predicted molar refractivity (Wildman–Crippen MR) is 56.7 cm³/mol. The summed E-state index contributed by atoms with van der Waals surface area (Å²) in [6.45, 7) is 1.54. The lowest BCUT2D eigenvalue weighted by Gasteiger charge is -2.11. The van der Waals surface area contributed by atoms with E-state index >= 15 is 0 Å². The molecule has 0 fully saturated rings. The van der Waals surface area contributed by atoms with E-state index in [4.69, 9.17) is 16.7 Å². The monoisotopic (exact) mass is 271 g/mol. The zero-order chi connectivity index (χ0) is 12.3. The fourth-order valence-electron chi connectivity index (χ4n) is 0.940. The molecular formula is C9H9ClF3NOS. The van der Waals surface area contributed by atoms with Crippen LogP contribution in [-0.2, 0) is 6.18 Å². The van der Waals surface area contributed by atoms with E-state index in [1.54, 1.807) is 6.92 Å². The smallest absolute Gasteiger partial charge is 0.395 e. The van der Waals surface area contributed by atoms with Gasteiger partial charge in [0.2, 0.25) is 0 Å². The molecule has 1 aromatic heterocycles. The molecule has 0 spiro atoms. The number of thioether (sulfide) groups is 1. The van der Waals surface area contributed by atoms with Crippen molar-refractivity contribution in [2.75, 3.05) is 6.61 Å². The average molecular weight is 272 g/mol. The molecule has 1 N–H and O–H groups in total. The summed E-state index contributed by atoms with van der Waals surface area (Å²) in [7, 11) is 0. The predicted octanol–water partition coefficient (Wildman–Crippen LogP) is 3.23. The second kappa shape index (κ2) is 5.25. The lowest BCUT2D eigenvalue weighted by Crippen LogP contribution is -2.07. The third-order valence-electron chi connectivity index (χ3n) is 1.68. The molecule has 0 saturated heterocycles. The summed E-state index contributed by atoms with van der Waals surface area (Å²) in [5.74, 6) is 0. The van der Waals surface area contributed by atoms with Crippen LogP contribution in [0.15, 0.2) is 17.2 Å². The van der Waals surface area contributed by atoms with Gasteiger partial charge >= 0.3 is 6.18 Å². The average Bonchev–Trinajstić information content (AvgIpc) is 2.15. The summed E-state index contributed by atoms with van der Waals surface area (Å²) in [4.78, 5) is 3.75. The summed E-state index contributed by atoms with van der Waals surface area (Å²) in [5, 5.41) is 8.51. The van der Waals surface area contributed by atoms with E-state index in [2.05, 4.69) is 4.98 Å². The van der Waals surface area contributed by atoms with Gasteiger partial charge in [0.05, 0.1) is 17.2 Å². The number of hydrogen-bond donors (Lipinski definition) is 1. The second-order valence-corrected chi connectivity index (χ2v) is 4.97. The highest BCUT2D eigenvalue weighted by molar-refractivity contribution is 7.99. The van der Waals surface area contributed by atoms with Crippen molar-refractivity contribution in [1.29, 1.82) is 0 Å². The zero-order valence-electron chi connectivity index (χ0n) is 8.25. The SMILES string of the molecule is CC(CO)Sc1cc(C(F)(F)F)cc(Cl)n1. The first-order valence-electron chi connectivity index (χ1n) is 4.35. The molecule has 0 aliphatic heterocycles. The van der Waals surface area contributed by atoms with Crippen LogP contribution in [0.4, 0.5) is 13.2 Å². The molecule has 0 bridgehead atoms. The van der Waals surface area contributed by atoms with Gasteiger partial charge in [0.1, 0.15) is 5.15 Å². The van der Waals surface area contributed by atoms with Crippen molar-refractivity contribution in [3.05, 3.63) is 22.8 Å². The largest absolute Gasteiger partial charge is 0.416 e. The highest BCUT2D eigenvalue weighted by Gasteiger charge is 2.31. The minimum atomic E-state index is -4.44. The van der Waals surface area contributed by atoms with Crippen LogP contribution in [0.2, 0.25) is 5.15 Å². The van der Waals surface area contributed by atoms with Gasteiger partial charge in [-0.2, -0.15) is 13.2 Å². The van der Waals surface area contributed by atoms with Crippen LogP contribution in [-0.4, -0.2) is 21.9 Å². The van der Waals surface area contributed by atoms with E-state index in [-0.39, 0.29) is 22.0 Å². The summed E-state index contributed by atoms with van der Waals surface area (Å²) < 4.78 is 37.3. The quantitative estimate of drug-likeness (QED) is 0.677. The van der Waals surface area contributed by atoms with E-state index in [1.165, 1.54) is 0 Å². The molecule has 0 amide bonds. The molecule has 2 nitrogen and oxygen atoms in total. The van der Waals surface area contributed by atoms with E-state index in [1.807, 2.05) is 0 Å². The molecule has 1 aromatic rings. The molecule has 1 atom stereocenters. The molecular weight excluding hydrogens is 263 g/mol. The van der Waals surface area contributed by atoms with Crippen molar-refractivity contribution in [3.63, 3.8) is 0 Å². The number of rotatable bonds is 3. The van der Waals surface area contributed by atoms with Gasteiger partial charge < -0.3 is 5.11 Å². The standard InChI is InChI=1S/C9H9ClF3NOS/c1-5(4-15)16-8-3-6(9(11,12)13)2-7(10)14-8/h2-3,5,15H,4H2,1H3. The second-order valence-electron chi connectivity index (χ2n) is 3.13. The summed E-state index contributed by atoms with van der Waals surface area (Å²) in [6.07, 6.45) is -4.44. The van der Waals surface area contributed by atoms with Gasteiger partial charge in [0.25, 0.3) is 0 Å². The van der Waals surface area contributed by atoms with Crippen LogP contribution < -0.4 is 0 Å². The number of aliphatic hydroxyl groups is 1. The molecule has 1 heterocycles. The Morgan fingerprint density at radius 1 is 1.50 bits per heavy atom. The lowest BCUT2D eigenvalue weighted by atomic mass is 10.3. The molecule has 0 saturated carbocycles. The first-order chi connectivity index (χ1) is 7.32. The van der Waals surface area contributed by atoms with E-state index in [0.717, 1.165) is 23.9 Å². The third kappa shape index (κ3) is 3.84. The zero-order valence-corrected chi connectivity index (χ0v) is 9.83. The number of aromatic nitrogens is 1. The first kappa shape index (κ1) is 13.6. The van der Waals surface area contributed by atoms with Crippen molar-refractivity contribution in [2.24, 2.45) is 0 Å². The summed E-state index contributed by atoms with van der Waals surface area (Å²) in [6, 6.07) is 1.69. The molecule has 1 rings (SSSR count). The molecule has 7 heteroatoms. The van der Waals surface area contributed by atoms with Gasteiger partial charge in [-0.3, -0.25) is 0 Å². The van der Waals surface area contributed by atoms with Crippen LogP contribution in [0.3, 0.4) is 0 Å². The van der Waals surface area contributed by atoms with Crippen molar-refractivity contribution in [3.8, 4) is 0 Å². The Balaban J connectivity index is 2.99. The van der Waals surface area contributed by atoms with Crippen molar-refractivity contribution in [2.45, 2.75) is 23.4 Å². The Hall–Kier alpha value is -0.460. The van der Waals surface area contributed by atoms with Crippen LogP contribution in [0.1, 0.15) is 12.5 Å². The highest BCUT2D eigenvalue weighted by atomic mass is 35.5. The molecule has 0 aliphatic carbocycles. The van der Waals surface area contributed by atoms with E-state index < -0.39 is 11.7 Å². The number of pyridine rings is 1. The Kier molecular flexibility index (Phi) is 4.46. The molecule has 1 unspecified atom stereocenters. The summed E-state index contributed by atoms with van der Waals surface area (Å²) in [5.41, 5.74) is -0.833. The van der Waals surface area contributed by atoms with Crippen molar-refractivity contribution < 1.29 is 18.3 Å². The Bertz CT molecular complexity index is 372. The fraction of sp³-hybridized carbons (Fsp3) is 0.444. The molecule has 0 radical (unpaired) electrons. The molecule has 0 aromatic carbocycles. The lowest BCUT2D eigenvalue weighted by molar-refractivity contribution is -0.137. The minimum absolute atomic E-state index is 0.139. The van der Waals surface area contributed by atoms with Crippen molar-refractivity contribution >= 4 is 23.4 Å². The van der Waals surface area contributed by atoms with Crippen LogP contribution in [0.25, 0.3) is 0 Å². The van der Waals surface area contributed by atoms with Gasteiger partial charge in [-0.05, 0) is 12.1 Å². The van der Waals surface area contributed by atoms with E-state index in [9.17, 15) is 13.2 Å². The number of nitrogens with zero attached hydrogens (tertiary/aromatic N) is 1. The van der Waals surface area contributed by atoms with Gasteiger partial charge in [-0.25, -0.2) is 4.98 Å². The van der Waals surface area contributed by atoms with Gasteiger partial charge in [-0.1, -0.05) is 18.5 Å².